The van der Waals surface area contributed by atoms with Crippen molar-refractivity contribution in [1.82, 2.24) is 0 Å². The lowest BCUT2D eigenvalue weighted by Gasteiger charge is -1.99. The first-order valence-corrected chi connectivity index (χ1v) is 4.97. The lowest BCUT2D eigenvalue weighted by Crippen LogP contribution is -1.85. The highest BCUT2D eigenvalue weighted by atomic mass is 14.2. The molecule has 1 rings (SSSR count). The van der Waals surface area contributed by atoms with E-state index in [1.165, 1.54) is 18.4 Å². The Balaban J connectivity index is 2.37. The number of rotatable bonds is 5. The van der Waals surface area contributed by atoms with Crippen molar-refractivity contribution in [3.8, 4) is 6.07 Å². The molecule has 0 amide bonds. The van der Waals surface area contributed by atoms with Gasteiger partial charge in [0.1, 0.15) is 0 Å². The highest BCUT2D eigenvalue weighted by Crippen LogP contribution is 2.08. The number of allylic oxidation sites excluding steroid dienone is 1. The van der Waals surface area contributed by atoms with Crippen LogP contribution >= 0.6 is 0 Å². The number of hydrogen-bond donors (Lipinski definition) is 0. The molecule has 1 aromatic rings. The molecule has 0 saturated carbocycles. The second-order valence-corrected chi connectivity index (χ2v) is 3.34. The van der Waals surface area contributed by atoms with E-state index in [9.17, 15) is 0 Å². The largest absolute Gasteiger partial charge is 0.192 e. The number of hydrogen-bond acceptors (Lipinski definition) is 1. The summed E-state index contributed by atoms with van der Waals surface area (Å²) < 4.78 is 0. The summed E-state index contributed by atoms with van der Waals surface area (Å²) in [5.41, 5.74) is 2.05. The highest BCUT2D eigenvalue weighted by Gasteiger charge is 1.93. The molecule has 1 nitrogen and oxygen atoms in total. The fraction of sp³-hybridized carbons (Fsp3) is 0.308. The van der Waals surface area contributed by atoms with E-state index in [0.717, 1.165) is 18.4 Å². The van der Waals surface area contributed by atoms with Crippen molar-refractivity contribution in [1.29, 1.82) is 5.26 Å². The second-order valence-electron chi connectivity index (χ2n) is 3.34. The summed E-state index contributed by atoms with van der Waals surface area (Å²) in [5.74, 6) is 0. The lowest BCUT2D eigenvalue weighted by atomic mass is 10.1. The van der Waals surface area contributed by atoms with Crippen LogP contribution in [-0.2, 0) is 6.42 Å². The maximum absolute atomic E-state index is 8.61. The summed E-state index contributed by atoms with van der Waals surface area (Å²) >= 11 is 0. The predicted octanol–water partition coefficient (Wildman–Crippen LogP) is 3.46. The first kappa shape index (κ1) is 10.5. The Morgan fingerprint density at radius 2 is 1.93 bits per heavy atom. The first-order chi connectivity index (χ1) is 6.86. The van der Waals surface area contributed by atoms with Gasteiger partial charge < -0.3 is 0 Å². The van der Waals surface area contributed by atoms with E-state index in [-0.39, 0.29) is 0 Å². The Kier molecular flexibility index (Phi) is 4.50. The van der Waals surface area contributed by atoms with Crippen LogP contribution in [0.15, 0.2) is 36.9 Å². The number of benzene rings is 1. The third-order valence-electron chi connectivity index (χ3n) is 2.21. The van der Waals surface area contributed by atoms with Gasteiger partial charge in [-0.1, -0.05) is 18.2 Å². The van der Waals surface area contributed by atoms with Gasteiger partial charge in [-0.3, -0.25) is 0 Å². The van der Waals surface area contributed by atoms with Crippen molar-refractivity contribution >= 4 is 0 Å². The maximum atomic E-state index is 8.61. The van der Waals surface area contributed by atoms with Gasteiger partial charge in [0.25, 0.3) is 0 Å². The minimum Gasteiger partial charge on any atom is -0.192 e. The minimum absolute atomic E-state index is 0.736. The van der Waals surface area contributed by atoms with Crippen molar-refractivity contribution in [3.63, 3.8) is 0 Å². The Bertz CT molecular complexity index is 316. The van der Waals surface area contributed by atoms with Gasteiger partial charge in [0.05, 0.1) is 11.6 Å². The van der Waals surface area contributed by atoms with Gasteiger partial charge in [-0.2, -0.15) is 5.26 Å². The molecule has 14 heavy (non-hydrogen) atoms. The van der Waals surface area contributed by atoms with Crippen LogP contribution in [0.25, 0.3) is 0 Å². The van der Waals surface area contributed by atoms with E-state index in [2.05, 4.69) is 12.6 Å². The smallest absolute Gasteiger partial charge is 0.0991 e. The summed E-state index contributed by atoms with van der Waals surface area (Å²) in [6, 6.07) is 9.94. The molecule has 0 aromatic heterocycles. The molecule has 0 heterocycles. The molecule has 0 saturated heterocycles. The molecular weight excluding hydrogens is 170 g/mol. The number of unbranched alkanes of at least 4 members (excludes halogenated alkanes) is 2. The van der Waals surface area contributed by atoms with Crippen molar-refractivity contribution in [2.45, 2.75) is 25.7 Å². The summed E-state index contributed by atoms with van der Waals surface area (Å²) in [4.78, 5) is 0. The Morgan fingerprint density at radius 3 is 2.50 bits per heavy atom. The normalized spacial score (nSPS) is 9.36. The zero-order chi connectivity index (χ0) is 10.2. The summed E-state index contributed by atoms with van der Waals surface area (Å²) in [5, 5.41) is 8.61. The van der Waals surface area contributed by atoms with Gasteiger partial charge >= 0.3 is 0 Å². The molecule has 0 N–H and O–H groups in total. The number of aryl methyl sites for hydroxylation is 1. The molecular formula is C13H15N. The fourth-order valence-corrected chi connectivity index (χ4v) is 1.36. The van der Waals surface area contributed by atoms with Gasteiger partial charge in [-0.25, -0.2) is 0 Å². The highest BCUT2D eigenvalue weighted by molar-refractivity contribution is 5.31. The SMILES string of the molecule is C=CCCCCc1ccc(C#N)cc1. The van der Waals surface area contributed by atoms with Crippen LogP contribution in [0.4, 0.5) is 0 Å². The van der Waals surface area contributed by atoms with E-state index in [1.54, 1.807) is 0 Å². The van der Waals surface area contributed by atoms with E-state index in [4.69, 9.17) is 5.26 Å². The van der Waals surface area contributed by atoms with E-state index in [0.29, 0.717) is 0 Å². The third kappa shape index (κ3) is 3.45. The number of nitriles is 1. The van der Waals surface area contributed by atoms with Gasteiger partial charge in [0, 0.05) is 0 Å². The fourth-order valence-electron chi connectivity index (χ4n) is 1.36. The zero-order valence-electron chi connectivity index (χ0n) is 8.37. The van der Waals surface area contributed by atoms with Crippen LogP contribution in [0.5, 0.6) is 0 Å². The van der Waals surface area contributed by atoms with Crippen molar-refractivity contribution in [3.05, 3.63) is 48.0 Å². The molecule has 1 heteroatoms. The molecule has 0 radical (unpaired) electrons. The van der Waals surface area contributed by atoms with Gasteiger partial charge in [0.15, 0.2) is 0 Å². The topological polar surface area (TPSA) is 23.8 Å². The first-order valence-electron chi connectivity index (χ1n) is 4.97. The molecule has 0 bridgehead atoms. The van der Waals surface area contributed by atoms with E-state index < -0.39 is 0 Å². The number of nitrogens with zero attached hydrogens (tertiary/aromatic N) is 1. The van der Waals surface area contributed by atoms with Crippen LogP contribution in [0.2, 0.25) is 0 Å². The molecule has 0 aliphatic rings. The van der Waals surface area contributed by atoms with Crippen molar-refractivity contribution < 1.29 is 0 Å². The quantitative estimate of drug-likeness (QED) is 0.509. The van der Waals surface area contributed by atoms with Crippen molar-refractivity contribution in [2.75, 3.05) is 0 Å². The Labute approximate surface area is 85.7 Å². The predicted molar refractivity (Wildman–Crippen MR) is 58.9 cm³/mol. The molecule has 0 spiro atoms. The molecule has 0 aliphatic carbocycles. The second kappa shape index (κ2) is 5.99. The zero-order valence-corrected chi connectivity index (χ0v) is 8.37. The average molecular weight is 185 g/mol. The summed E-state index contributed by atoms with van der Waals surface area (Å²) in [7, 11) is 0. The molecule has 72 valence electrons. The standard InChI is InChI=1S/C13H15N/c1-2-3-4-5-6-12-7-9-13(11-14)10-8-12/h2,7-10H,1,3-6H2. The average Bonchev–Trinajstić information content (AvgIpc) is 2.25. The molecule has 0 unspecified atom stereocenters. The lowest BCUT2D eigenvalue weighted by molar-refractivity contribution is 0.748. The van der Waals surface area contributed by atoms with Crippen LogP contribution < -0.4 is 0 Å². The maximum Gasteiger partial charge on any atom is 0.0991 e. The van der Waals surface area contributed by atoms with E-state index in [1.807, 2.05) is 30.3 Å². The minimum atomic E-state index is 0.736. The molecule has 0 atom stereocenters. The Hall–Kier alpha value is -1.55. The Morgan fingerprint density at radius 1 is 1.21 bits per heavy atom. The van der Waals surface area contributed by atoms with Crippen molar-refractivity contribution in [2.24, 2.45) is 0 Å². The monoisotopic (exact) mass is 185 g/mol. The van der Waals surface area contributed by atoms with Gasteiger partial charge in [-0.15, -0.1) is 6.58 Å². The molecule has 0 aliphatic heterocycles. The van der Waals surface area contributed by atoms with Crippen LogP contribution in [-0.4, -0.2) is 0 Å². The summed E-state index contributed by atoms with van der Waals surface area (Å²) in [6.45, 7) is 3.69. The molecule has 0 fully saturated rings. The molecule has 1 aromatic carbocycles. The van der Waals surface area contributed by atoms with Gasteiger partial charge in [-0.05, 0) is 43.4 Å². The van der Waals surface area contributed by atoms with Crippen LogP contribution in [0, 0.1) is 11.3 Å². The van der Waals surface area contributed by atoms with Gasteiger partial charge in [0.2, 0.25) is 0 Å². The van der Waals surface area contributed by atoms with Crippen LogP contribution in [0.1, 0.15) is 30.4 Å². The van der Waals surface area contributed by atoms with Crippen LogP contribution in [0.3, 0.4) is 0 Å². The van der Waals surface area contributed by atoms with E-state index >= 15 is 0 Å². The summed E-state index contributed by atoms with van der Waals surface area (Å²) in [6.07, 6.45) is 6.54. The third-order valence-corrected chi connectivity index (χ3v) is 2.21.